The molecule has 5 heterocycles. The monoisotopic (exact) mass is 788 g/mol. The van der Waals surface area contributed by atoms with Crippen LogP contribution in [0.25, 0.3) is 11.0 Å². The summed E-state index contributed by atoms with van der Waals surface area (Å²) in [5.74, 6) is -0.897. The number of nitrogens with two attached hydrogens (primary N) is 1. The van der Waals surface area contributed by atoms with Gasteiger partial charge in [0, 0.05) is 60.0 Å². The third kappa shape index (κ3) is 6.71. The zero-order valence-corrected chi connectivity index (χ0v) is 32.7. The van der Waals surface area contributed by atoms with Gasteiger partial charge >= 0.3 is 5.97 Å². The van der Waals surface area contributed by atoms with E-state index in [1.807, 2.05) is 44.3 Å². The number of fused-ring (bicyclic) bond motifs is 5. The van der Waals surface area contributed by atoms with Crippen molar-refractivity contribution >= 4 is 28.6 Å². The summed E-state index contributed by atoms with van der Waals surface area (Å²) in [5, 5.41) is 46.5. The number of nitrogen functional groups attached to an aromatic ring is 1. The van der Waals surface area contributed by atoms with Crippen molar-refractivity contribution in [2.24, 2.45) is 5.92 Å². The number of allylic oxidation sites excluding steroid dienone is 1. The van der Waals surface area contributed by atoms with Crippen molar-refractivity contribution in [3.05, 3.63) is 121 Å². The second-order valence-electron chi connectivity index (χ2n) is 15.7. The lowest BCUT2D eigenvalue weighted by Crippen LogP contribution is -2.57. The number of pyridine rings is 2. The number of aryl methyl sites for hydroxylation is 1. The summed E-state index contributed by atoms with van der Waals surface area (Å²) >= 11 is 0. The van der Waals surface area contributed by atoms with Crippen LogP contribution in [0.3, 0.4) is 0 Å². The molecule has 8 rings (SSSR count). The molecule has 0 radical (unpaired) electrons. The Morgan fingerprint density at radius 3 is 2.64 bits per heavy atom. The Kier molecular flexibility index (Phi) is 10.4. The fourth-order valence-corrected chi connectivity index (χ4v) is 9.41. The molecule has 2 aliphatic heterocycles. The molecule has 0 saturated carbocycles. The molecule has 2 aromatic carbocycles. The van der Waals surface area contributed by atoms with Crippen LogP contribution in [0.1, 0.15) is 90.2 Å². The maximum atomic E-state index is 14.0. The molecule has 5 aromatic rings. The number of phenols is 2. The Labute approximate surface area is 335 Å². The van der Waals surface area contributed by atoms with Crippen LogP contribution in [0.2, 0.25) is 0 Å². The molecule has 1 aliphatic carbocycles. The number of carbonyl (C=O) groups is 1. The molecule has 0 fully saturated rings. The Bertz CT molecular complexity index is 2500. The number of anilines is 2. The van der Waals surface area contributed by atoms with Gasteiger partial charge in [-0.2, -0.15) is 0 Å². The number of nitrogens with zero attached hydrogens (tertiary/aromatic N) is 2. The number of ether oxygens (including phenoxy) is 2. The van der Waals surface area contributed by atoms with Crippen LogP contribution in [0.15, 0.2) is 75.7 Å². The molecule has 3 aromatic heterocycles. The highest BCUT2D eigenvalue weighted by molar-refractivity contribution is 5.92. The molecule has 5 unspecified atom stereocenters. The van der Waals surface area contributed by atoms with Crippen molar-refractivity contribution in [1.82, 2.24) is 9.97 Å². The zero-order chi connectivity index (χ0) is 40.9. The maximum absolute atomic E-state index is 14.0. The van der Waals surface area contributed by atoms with Crippen molar-refractivity contribution in [3.8, 4) is 17.2 Å². The van der Waals surface area contributed by atoms with E-state index in [9.17, 15) is 30.0 Å². The Morgan fingerprint density at radius 2 is 1.91 bits per heavy atom. The van der Waals surface area contributed by atoms with Gasteiger partial charge in [0.25, 0.3) is 0 Å². The summed E-state index contributed by atoms with van der Waals surface area (Å²) < 4.78 is 20.1. The number of phenolic OH excluding ortho intramolecular Hbond substituents is 2. The topological polar surface area (TPSA) is 210 Å². The summed E-state index contributed by atoms with van der Waals surface area (Å²) in [5.41, 5.74) is 10.4. The van der Waals surface area contributed by atoms with Crippen LogP contribution in [-0.2, 0) is 41.8 Å². The fraction of sp³-hybridized carbons (Fsp3) is 0.378. The number of hydrogen-bond donors (Lipinski definition) is 6. The molecule has 0 amide bonds. The van der Waals surface area contributed by atoms with Gasteiger partial charge in [-0.3, -0.25) is 4.79 Å². The highest BCUT2D eigenvalue weighted by Gasteiger charge is 2.53. The van der Waals surface area contributed by atoms with Crippen LogP contribution < -0.4 is 21.2 Å². The van der Waals surface area contributed by atoms with Crippen LogP contribution >= 0.6 is 0 Å². The smallest absolute Gasteiger partial charge is 0.336 e. The Balaban J connectivity index is 1.47. The molecular weight excluding hydrogens is 741 g/mol. The van der Waals surface area contributed by atoms with E-state index < -0.39 is 48.2 Å². The number of benzene rings is 2. The normalized spacial score (nSPS) is 22.5. The van der Waals surface area contributed by atoms with Crippen molar-refractivity contribution < 1.29 is 39.1 Å². The van der Waals surface area contributed by atoms with E-state index in [2.05, 4.69) is 15.3 Å². The summed E-state index contributed by atoms with van der Waals surface area (Å²) in [6.45, 7) is 5.14. The van der Waals surface area contributed by atoms with Crippen LogP contribution in [0.4, 0.5) is 11.6 Å². The molecule has 58 heavy (non-hydrogen) atoms. The average Bonchev–Trinajstić information content (AvgIpc) is 3.26. The van der Waals surface area contributed by atoms with Gasteiger partial charge in [-0.25, -0.2) is 14.8 Å². The SMILES string of the molecule is CC=C(CO)C(=O)OC1Cc2c3c(c4oc(CO)cc(=O)c4c2O)C2Cc4cc(O)ccc4CCC(CC(Cc4ccc(NCC)nc4)C1(C)O3)c1c2ccnc1N. The lowest BCUT2D eigenvalue weighted by atomic mass is 9.68. The van der Waals surface area contributed by atoms with Gasteiger partial charge in [0.2, 0.25) is 0 Å². The predicted octanol–water partition coefficient (Wildman–Crippen LogP) is 5.71. The number of aromatic nitrogens is 2. The first-order valence-corrected chi connectivity index (χ1v) is 19.8. The van der Waals surface area contributed by atoms with E-state index in [0.717, 1.165) is 39.7 Å². The minimum Gasteiger partial charge on any atom is -0.508 e. The Hall–Kier alpha value is -5.92. The molecule has 0 saturated heterocycles. The molecule has 13 heteroatoms. The van der Waals surface area contributed by atoms with Crippen molar-refractivity contribution in [2.45, 2.75) is 89.4 Å². The van der Waals surface area contributed by atoms with E-state index in [-0.39, 0.29) is 57.5 Å². The minimum absolute atomic E-state index is 0.00158. The third-order valence-corrected chi connectivity index (χ3v) is 12.4. The van der Waals surface area contributed by atoms with E-state index in [1.54, 1.807) is 25.3 Å². The number of rotatable bonds is 8. The Morgan fingerprint density at radius 1 is 1.09 bits per heavy atom. The quantitative estimate of drug-likeness (QED) is 0.0823. The molecule has 3 aliphatic rings. The molecule has 302 valence electrons. The third-order valence-electron chi connectivity index (χ3n) is 12.4. The van der Waals surface area contributed by atoms with Crippen LogP contribution in [0, 0.1) is 5.92 Å². The second kappa shape index (κ2) is 15.4. The summed E-state index contributed by atoms with van der Waals surface area (Å²) in [4.78, 5) is 37.1. The van der Waals surface area contributed by atoms with Gasteiger partial charge in [-0.1, -0.05) is 18.2 Å². The molecule has 5 atom stereocenters. The highest BCUT2D eigenvalue weighted by atomic mass is 16.6. The van der Waals surface area contributed by atoms with Gasteiger partial charge in [-0.15, -0.1) is 0 Å². The summed E-state index contributed by atoms with van der Waals surface area (Å²) in [7, 11) is 0. The average molecular weight is 789 g/mol. The number of carbonyl (C=O) groups excluding carboxylic acids is 1. The van der Waals surface area contributed by atoms with Gasteiger partial charge in [-0.05, 0) is 105 Å². The lowest BCUT2D eigenvalue weighted by molar-refractivity contribution is -0.165. The van der Waals surface area contributed by atoms with E-state index in [4.69, 9.17) is 19.6 Å². The van der Waals surface area contributed by atoms with E-state index in [0.29, 0.717) is 50.0 Å². The van der Waals surface area contributed by atoms with Crippen LogP contribution in [0.5, 0.6) is 17.2 Å². The van der Waals surface area contributed by atoms with Gasteiger partial charge in [0.15, 0.2) is 5.43 Å². The number of aliphatic hydroxyl groups is 2. The number of aliphatic hydroxyl groups excluding tert-OH is 2. The van der Waals surface area contributed by atoms with Crippen molar-refractivity contribution in [1.29, 1.82) is 0 Å². The first kappa shape index (κ1) is 38.9. The zero-order valence-electron chi connectivity index (χ0n) is 32.7. The molecule has 4 bridgehead atoms. The highest BCUT2D eigenvalue weighted by Crippen LogP contribution is 2.56. The van der Waals surface area contributed by atoms with Gasteiger partial charge < -0.3 is 45.4 Å². The minimum atomic E-state index is -1.29. The second-order valence-corrected chi connectivity index (χ2v) is 15.7. The van der Waals surface area contributed by atoms with Crippen molar-refractivity contribution in [2.75, 3.05) is 24.2 Å². The molecular formula is C45H48N4O9. The molecule has 0 spiro atoms. The number of aromatic hydroxyl groups is 2. The van der Waals surface area contributed by atoms with Gasteiger partial charge in [0.05, 0.1) is 12.2 Å². The first-order valence-electron chi connectivity index (χ1n) is 19.8. The number of hydrogen-bond acceptors (Lipinski definition) is 13. The molecule has 7 N–H and O–H groups in total. The number of nitrogens with one attached hydrogen (secondary N) is 1. The first-order chi connectivity index (χ1) is 28.0. The standard InChI is InChI=1S/C45H48N4O9/c1-4-24(21-50)44(55)57-35-19-33-40(54)39-34(53)18-30(22-51)56-42(39)38-32-17-27-16-29(52)10-9-25(27)7-8-26(37-31(32)12-13-48-43(37)46)15-28(45(35,3)58-41(33)38)14-23-6-11-36(47-5-2)49-20-23/h4,6,9-13,16,18,20,26,28,32,35,50-52,54H,5,7-8,14-15,17,19,21-22H2,1-3H3,(H2,46,48)(H,47,49). The lowest BCUT2D eigenvalue weighted by Gasteiger charge is -2.49. The van der Waals surface area contributed by atoms with E-state index in [1.165, 1.54) is 6.08 Å². The summed E-state index contributed by atoms with van der Waals surface area (Å²) in [6.07, 6.45) is 6.47. The van der Waals surface area contributed by atoms with Crippen LogP contribution in [-0.4, -0.2) is 61.2 Å². The number of esters is 1. The maximum Gasteiger partial charge on any atom is 0.336 e. The largest absolute Gasteiger partial charge is 0.508 e. The van der Waals surface area contributed by atoms with E-state index >= 15 is 0 Å². The molecule has 13 nitrogen and oxygen atoms in total. The predicted molar refractivity (Wildman–Crippen MR) is 217 cm³/mol. The van der Waals surface area contributed by atoms with Crippen molar-refractivity contribution in [3.63, 3.8) is 0 Å². The fourth-order valence-electron chi connectivity index (χ4n) is 9.41. The summed E-state index contributed by atoms with van der Waals surface area (Å²) in [6, 6.07) is 12.4. The van der Waals surface area contributed by atoms with Gasteiger partial charge in [0.1, 0.15) is 63.9 Å².